The lowest BCUT2D eigenvalue weighted by atomic mass is 10.2. The van der Waals surface area contributed by atoms with Crippen LogP contribution in [0.2, 0.25) is 10.0 Å². The van der Waals surface area contributed by atoms with Crippen LogP contribution in [0, 0.1) is 10.1 Å². The standard InChI is InChI=1S/C13H18Cl2N4O2/c1-17(6-7-18-4-2-16-3-5-18)12-8-10(14)11(15)9-13(12)19(20)21/h8-9,16H,2-7H2,1H3. The quantitative estimate of drug-likeness (QED) is 0.661. The van der Waals surface area contributed by atoms with Crippen molar-refractivity contribution in [2.45, 2.75) is 0 Å². The predicted molar refractivity (Wildman–Crippen MR) is 85.7 cm³/mol. The lowest BCUT2D eigenvalue weighted by Crippen LogP contribution is -2.46. The summed E-state index contributed by atoms with van der Waals surface area (Å²) in [6, 6.07) is 2.86. The van der Waals surface area contributed by atoms with Gasteiger partial charge in [0, 0.05) is 52.4 Å². The molecular formula is C13H18Cl2N4O2. The second-order valence-electron chi connectivity index (χ2n) is 5.03. The summed E-state index contributed by atoms with van der Waals surface area (Å²) in [5, 5.41) is 15.0. The highest BCUT2D eigenvalue weighted by Crippen LogP contribution is 2.35. The third-order valence-corrected chi connectivity index (χ3v) is 4.31. The number of nitro groups is 1. The van der Waals surface area contributed by atoms with Gasteiger partial charge < -0.3 is 10.2 Å². The summed E-state index contributed by atoms with van der Waals surface area (Å²) in [6.45, 7) is 5.51. The Hall–Kier alpha value is -1.08. The van der Waals surface area contributed by atoms with E-state index in [1.165, 1.54) is 6.07 Å². The maximum Gasteiger partial charge on any atom is 0.294 e. The van der Waals surface area contributed by atoms with Crippen LogP contribution in [0.5, 0.6) is 0 Å². The summed E-state index contributed by atoms with van der Waals surface area (Å²) < 4.78 is 0. The van der Waals surface area contributed by atoms with Gasteiger partial charge in [0.1, 0.15) is 5.69 Å². The van der Waals surface area contributed by atoms with Gasteiger partial charge in [0.25, 0.3) is 5.69 Å². The van der Waals surface area contributed by atoms with Crippen molar-refractivity contribution in [1.82, 2.24) is 10.2 Å². The normalized spacial score (nSPS) is 16.0. The summed E-state index contributed by atoms with van der Waals surface area (Å²) in [5.74, 6) is 0. The van der Waals surface area contributed by atoms with Crippen molar-refractivity contribution in [3.8, 4) is 0 Å². The average molecular weight is 333 g/mol. The Balaban J connectivity index is 2.08. The van der Waals surface area contributed by atoms with Crippen LogP contribution in [-0.2, 0) is 0 Å². The maximum absolute atomic E-state index is 11.2. The smallest absolute Gasteiger partial charge is 0.294 e. The number of likely N-dealkylation sites (N-methyl/N-ethyl adjacent to an activating group) is 1. The van der Waals surface area contributed by atoms with Crippen molar-refractivity contribution >= 4 is 34.6 Å². The molecule has 6 nitrogen and oxygen atoms in total. The molecule has 1 aliphatic heterocycles. The van der Waals surface area contributed by atoms with Gasteiger partial charge in [-0.1, -0.05) is 23.2 Å². The van der Waals surface area contributed by atoms with E-state index in [1.54, 1.807) is 6.07 Å². The van der Waals surface area contributed by atoms with Crippen molar-refractivity contribution in [2.24, 2.45) is 0 Å². The molecule has 1 aliphatic rings. The first-order valence-corrected chi connectivity index (χ1v) is 7.52. The third-order valence-electron chi connectivity index (χ3n) is 3.59. The molecule has 0 saturated carbocycles. The molecule has 0 aromatic heterocycles. The van der Waals surface area contributed by atoms with E-state index in [4.69, 9.17) is 23.2 Å². The minimum absolute atomic E-state index is 0.0211. The number of nitrogens with zero attached hydrogens (tertiary/aromatic N) is 3. The van der Waals surface area contributed by atoms with Crippen LogP contribution in [0.1, 0.15) is 0 Å². The van der Waals surface area contributed by atoms with Gasteiger partial charge in [0.15, 0.2) is 0 Å². The summed E-state index contributed by atoms with van der Waals surface area (Å²) in [4.78, 5) is 14.9. The van der Waals surface area contributed by atoms with E-state index in [1.807, 2.05) is 11.9 Å². The molecule has 0 unspecified atom stereocenters. The molecule has 0 atom stereocenters. The van der Waals surface area contributed by atoms with Gasteiger partial charge in [-0.2, -0.15) is 0 Å². The molecule has 21 heavy (non-hydrogen) atoms. The van der Waals surface area contributed by atoms with Gasteiger partial charge in [-0.3, -0.25) is 15.0 Å². The monoisotopic (exact) mass is 332 g/mol. The highest BCUT2D eigenvalue weighted by atomic mass is 35.5. The number of benzene rings is 1. The van der Waals surface area contributed by atoms with Crippen LogP contribution < -0.4 is 10.2 Å². The molecule has 116 valence electrons. The second-order valence-corrected chi connectivity index (χ2v) is 5.84. The Morgan fingerprint density at radius 2 is 1.95 bits per heavy atom. The fourth-order valence-electron chi connectivity index (χ4n) is 2.32. The fraction of sp³-hybridized carbons (Fsp3) is 0.538. The second kappa shape index (κ2) is 7.26. The molecule has 0 spiro atoms. The van der Waals surface area contributed by atoms with E-state index >= 15 is 0 Å². The molecule has 0 amide bonds. The van der Waals surface area contributed by atoms with Gasteiger partial charge in [-0.25, -0.2) is 0 Å². The number of nitro benzene ring substituents is 1. The van der Waals surface area contributed by atoms with E-state index in [2.05, 4.69) is 10.2 Å². The van der Waals surface area contributed by atoms with Gasteiger partial charge >= 0.3 is 0 Å². The molecule has 1 N–H and O–H groups in total. The SMILES string of the molecule is CN(CCN1CCNCC1)c1cc(Cl)c(Cl)cc1[N+](=O)[O-]. The van der Waals surface area contributed by atoms with Crippen molar-refractivity contribution in [3.05, 3.63) is 32.3 Å². The number of nitrogens with one attached hydrogen (secondary N) is 1. The number of piperazine rings is 1. The molecular weight excluding hydrogens is 315 g/mol. The van der Waals surface area contributed by atoms with Crippen molar-refractivity contribution < 1.29 is 4.92 Å². The minimum Gasteiger partial charge on any atom is -0.368 e. The zero-order valence-corrected chi connectivity index (χ0v) is 13.3. The first kappa shape index (κ1) is 16.3. The first-order chi connectivity index (χ1) is 9.99. The van der Waals surface area contributed by atoms with E-state index in [-0.39, 0.29) is 10.7 Å². The Kier molecular flexibility index (Phi) is 5.64. The molecule has 2 rings (SSSR count). The number of hydrogen-bond donors (Lipinski definition) is 1. The van der Waals surface area contributed by atoms with Gasteiger partial charge in [0.2, 0.25) is 0 Å². The third kappa shape index (κ3) is 4.20. The number of halogens is 2. The summed E-state index contributed by atoms with van der Waals surface area (Å²) in [7, 11) is 1.83. The zero-order valence-electron chi connectivity index (χ0n) is 11.8. The molecule has 1 aromatic rings. The summed E-state index contributed by atoms with van der Waals surface area (Å²) >= 11 is 11.8. The van der Waals surface area contributed by atoms with Crippen molar-refractivity contribution in [1.29, 1.82) is 0 Å². The molecule has 0 bridgehead atoms. The molecule has 0 radical (unpaired) electrons. The van der Waals surface area contributed by atoms with E-state index in [0.29, 0.717) is 17.3 Å². The van der Waals surface area contributed by atoms with Gasteiger partial charge in [-0.15, -0.1) is 0 Å². The van der Waals surface area contributed by atoms with Crippen LogP contribution in [0.4, 0.5) is 11.4 Å². The highest BCUT2D eigenvalue weighted by molar-refractivity contribution is 6.42. The molecule has 1 aromatic carbocycles. The van der Waals surface area contributed by atoms with Gasteiger partial charge in [-0.05, 0) is 6.07 Å². The molecule has 8 heteroatoms. The molecule has 1 heterocycles. The average Bonchev–Trinajstić information content (AvgIpc) is 2.48. The van der Waals surface area contributed by atoms with E-state index < -0.39 is 4.92 Å². The Morgan fingerprint density at radius 1 is 1.33 bits per heavy atom. The van der Waals surface area contributed by atoms with Crippen LogP contribution >= 0.6 is 23.2 Å². The van der Waals surface area contributed by atoms with E-state index in [0.717, 1.165) is 32.7 Å². The van der Waals surface area contributed by atoms with Crippen molar-refractivity contribution in [3.63, 3.8) is 0 Å². The largest absolute Gasteiger partial charge is 0.368 e. The number of hydrogen-bond acceptors (Lipinski definition) is 5. The molecule has 1 saturated heterocycles. The van der Waals surface area contributed by atoms with Crippen LogP contribution in [0.3, 0.4) is 0 Å². The number of anilines is 1. The number of rotatable bonds is 5. The van der Waals surface area contributed by atoms with Crippen molar-refractivity contribution in [2.75, 3.05) is 51.2 Å². The lowest BCUT2D eigenvalue weighted by molar-refractivity contribution is -0.384. The van der Waals surface area contributed by atoms with Crippen LogP contribution in [-0.4, -0.2) is 56.1 Å². The fourth-order valence-corrected chi connectivity index (χ4v) is 2.64. The predicted octanol–water partition coefficient (Wildman–Crippen LogP) is 2.24. The Labute approximate surface area is 133 Å². The highest BCUT2D eigenvalue weighted by Gasteiger charge is 2.20. The lowest BCUT2D eigenvalue weighted by Gasteiger charge is -2.29. The van der Waals surface area contributed by atoms with E-state index in [9.17, 15) is 10.1 Å². The first-order valence-electron chi connectivity index (χ1n) is 6.76. The Morgan fingerprint density at radius 3 is 2.57 bits per heavy atom. The minimum atomic E-state index is -0.432. The Bertz CT molecular complexity index is 521. The van der Waals surface area contributed by atoms with Crippen LogP contribution in [0.25, 0.3) is 0 Å². The maximum atomic E-state index is 11.2. The summed E-state index contributed by atoms with van der Waals surface area (Å²) in [6.07, 6.45) is 0. The zero-order chi connectivity index (χ0) is 15.4. The van der Waals surface area contributed by atoms with Gasteiger partial charge in [0.05, 0.1) is 15.0 Å². The van der Waals surface area contributed by atoms with Crippen LogP contribution in [0.15, 0.2) is 12.1 Å². The molecule has 0 aliphatic carbocycles. The molecule has 1 fully saturated rings. The summed E-state index contributed by atoms with van der Waals surface area (Å²) in [5.41, 5.74) is 0.469. The topological polar surface area (TPSA) is 61.6 Å².